The first-order chi connectivity index (χ1) is 13.4. The van der Waals surface area contributed by atoms with E-state index in [4.69, 9.17) is 4.74 Å². The first-order valence-corrected chi connectivity index (χ1v) is 10.5. The molecule has 0 amide bonds. The number of likely N-dealkylation sites (tertiary alicyclic amines) is 1. The Kier molecular flexibility index (Phi) is 6.94. The number of halogens is 1. The van der Waals surface area contributed by atoms with Crippen molar-refractivity contribution in [2.45, 2.75) is 51.1 Å². The van der Waals surface area contributed by atoms with Crippen molar-refractivity contribution >= 4 is 5.96 Å². The molecule has 2 fully saturated rings. The molecule has 0 aromatic heterocycles. The predicted molar refractivity (Wildman–Crippen MR) is 112 cm³/mol. The Bertz CT molecular complexity index is 655. The highest BCUT2D eigenvalue weighted by Gasteiger charge is 2.35. The molecule has 3 rings (SSSR count). The van der Waals surface area contributed by atoms with Gasteiger partial charge in [0.15, 0.2) is 5.96 Å². The van der Waals surface area contributed by atoms with Crippen molar-refractivity contribution in [2.75, 3.05) is 39.9 Å². The number of aliphatic imine (C=N–C) groups is 1. The molecule has 2 unspecified atom stereocenters. The maximum absolute atomic E-state index is 13.4. The monoisotopic (exact) mass is 390 g/mol. The van der Waals surface area contributed by atoms with Crippen LogP contribution in [0.1, 0.15) is 39.2 Å². The maximum Gasteiger partial charge on any atom is 0.191 e. The number of ether oxygens (including phenoxy) is 1. The van der Waals surface area contributed by atoms with Crippen molar-refractivity contribution in [2.24, 2.45) is 10.9 Å². The second-order valence-electron chi connectivity index (χ2n) is 8.60. The molecule has 5 nitrogen and oxygen atoms in total. The summed E-state index contributed by atoms with van der Waals surface area (Å²) < 4.78 is 19.0. The lowest BCUT2D eigenvalue weighted by Crippen LogP contribution is -2.51. The van der Waals surface area contributed by atoms with E-state index in [9.17, 15) is 4.39 Å². The van der Waals surface area contributed by atoms with Crippen LogP contribution in [0.3, 0.4) is 0 Å². The van der Waals surface area contributed by atoms with Crippen LogP contribution in [0, 0.1) is 11.7 Å². The van der Waals surface area contributed by atoms with Crippen LogP contribution in [0.4, 0.5) is 4.39 Å². The fourth-order valence-corrected chi connectivity index (χ4v) is 4.37. The molecular weight excluding hydrogens is 355 g/mol. The fraction of sp³-hybridized carbons (Fsp3) is 0.682. The molecule has 2 heterocycles. The molecule has 2 atom stereocenters. The number of nitrogens with zero attached hydrogens (tertiary/aromatic N) is 2. The van der Waals surface area contributed by atoms with E-state index >= 15 is 0 Å². The lowest BCUT2D eigenvalue weighted by molar-refractivity contribution is 0.0513. The molecule has 0 saturated carbocycles. The Balaban J connectivity index is 1.66. The molecule has 0 radical (unpaired) electrons. The number of hydrogen-bond donors (Lipinski definition) is 2. The third-order valence-electron chi connectivity index (χ3n) is 6.42. The molecule has 28 heavy (non-hydrogen) atoms. The van der Waals surface area contributed by atoms with E-state index in [0.717, 1.165) is 51.6 Å². The smallest absolute Gasteiger partial charge is 0.191 e. The highest BCUT2D eigenvalue weighted by Crippen LogP contribution is 2.34. The van der Waals surface area contributed by atoms with Crippen LogP contribution >= 0.6 is 0 Å². The number of guanidine groups is 1. The van der Waals surface area contributed by atoms with E-state index in [1.165, 1.54) is 5.56 Å². The lowest BCUT2D eigenvalue weighted by atomic mass is 9.74. The predicted octanol–water partition coefficient (Wildman–Crippen LogP) is 2.77. The van der Waals surface area contributed by atoms with Crippen molar-refractivity contribution in [3.63, 3.8) is 0 Å². The van der Waals surface area contributed by atoms with Crippen molar-refractivity contribution < 1.29 is 9.13 Å². The van der Waals surface area contributed by atoms with Crippen LogP contribution in [0.25, 0.3) is 0 Å². The van der Waals surface area contributed by atoms with Crippen LogP contribution in [0.5, 0.6) is 0 Å². The van der Waals surface area contributed by atoms with Gasteiger partial charge >= 0.3 is 0 Å². The summed E-state index contributed by atoms with van der Waals surface area (Å²) in [5.74, 6) is 1.23. The first-order valence-electron chi connectivity index (χ1n) is 10.5. The van der Waals surface area contributed by atoms with Gasteiger partial charge in [-0.3, -0.25) is 9.89 Å². The second kappa shape index (κ2) is 9.23. The van der Waals surface area contributed by atoms with E-state index in [1.54, 1.807) is 12.1 Å². The van der Waals surface area contributed by atoms with Crippen molar-refractivity contribution in [3.05, 3.63) is 35.6 Å². The Labute approximate surface area is 168 Å². The van der Waals surface area contributed by atoms with Gasteiger partial charge in [-0.1, -0.05) is 19.1 Å². The highest BCUT2D eigenvalue weighted by molar-refractivity contribution is 5.80. The molecule has 2 N–H and O–H groups in total. The highest BCUT2D eigenvalue weighted by atomic mass is 19.1. The SMILES string of the molecule is CN=C(NCC1(c2ccc(F)cc2)CCOCC1)NC1CN(C(C)C)CC1C. The second-order valence-corrected chi connectivity index (χ2v) is 8.60. The van der Waals surface area contributed by atoms with Crippen molar-refractivity contribution in [3.8, 4) is 0 Å². The zero-order valence-electron chi connectivity index (χ0n) is 17.7. The molecule has 1 aromatic carbocycles. The van der Waals surface area contributed by atoms with Crippen LogP contribution in [-0.2, 0) is 10.2 Å². The minimum atomic E-state index is -0.193. The van der Waals surface area contributed by atoms with Crippen LogP contribution < -0.4 is 10.6 Å². The van der Waals surface area contributed by atoms with E-state index in [0.29, 0.717) is 18.0 Å². The minimum absolute atomic E-state index is 0.0607. The average molecular weight is 391 g/mol. The third kappa shape index (κ3) is 4.84. The number of nitrogens with one attached hydrogen (secondary N) is 2. The van der Waals surface area contributed by atoms with E-state index in [2.05, 4.69) is 41.3 Å². The third-order valence-corrected chi connectivity index (χ3v) is 6.42. The van der Waals surface area contributed by atoms with Crippen LogP contribution in [0.15, 0.2) is 29.3 Å². The summed E-state index contributed by atoms with van der Waals surface area (Å²) in [6.45, 7) is 11.2. The largest absolute Gasteiger partial charge is 0.381 e. The Morgan fingerprint density at radius 2 is 1.93 bits per heavy atom. The number of rotatable bonds is 5. The van der Waals surface area contributed by atoms with Gasteiger partial charge in [0.1, 0.15) is 5.82 Å². The number of benzene rings is 1. The maximum atomic E-state index is 13.4. The van der Waals surface area contributed by atoms with E-state index < -0.39 is 0 Å². The van der Waals surface area contributed by atoms with Crippen molar-refractivity contribution in [1.82, 2.24) is 15.5 Å². The molecule has 0 spiro atoms. The molecule has 2 aliphatic rings. The van der Waals surface area contributed by atoms with Crippen LogP contribution in [0.2, 0.25) is 0 Å². The van der Waals surface area contributed by atoms with Crippen LogP contribution in [-0.4, -0.2) is 62.8 Å². The van der Waals surface area contributed by atoms with Gasteiger partial charge in [0.05, 0.1) is 0 Å². The molecule has 1 aromatic rings. The first kappa shape index (κ1) is 21.1. The zero-order chi connectivity index (χ0) is 20.1. The summed E-state index contributed by atoms with van der Waals surface area (Å²) in [6, 6.07) is 7.90. The van der Waals surface area contributed by atoms with Gasteiger partial charge in [-0.25, -0.2) is 4.39 Å². The molecule has 0 aliphatic carbocycles. The van der Waals surface area contributed by atoms with Gasteiger partial charge in [0, 0.05) is 57.4 Å². The summed E-state index contributed by atoms with van der Waals surface area (Å²) in [4.78, 5) is 6.97. The Morgan fingerprint density at radius 1 is 1.25 bits per heavy atom. The van der Waals surface area contributed by atoms with Crippen molar-refractivity contribution in [1.29, 1.82) is 0 Å². The van der Waals surface area contributed by atoms with Gasteiger partial charge in [0.2, 0.25) is 0 Å². The molecule has 6 heteroatoms. The molecule has 156 valence electrons. The average Bonchev–Trinajstić information content (AvgIpc) is 3.07. The number of hydrogen-bond acceptors (Lipinski definition) is 3. The van der Waals surface area contributed by atoms with Gasteiger partial charge in [-0.2, -0.15) is 0 Å². The topological polar surface area (TPSA) is 48.9 Å². The zero-order valence-corrected chi connectivity index (χ0v) is 17.7. The molecule has 0 bridgehead atoms. The summed E-state index contributed by atoms with van der Waals surface area (Å²) >= 11 is 0. The summed E-state index contributed by atoms with van der Waals surface area (Å²) in [5, 5.41) is 7.18. The van der Waals surface area contributed by atoms with Gasteiger partial charge < -0.3 is 15.4 Å². The normalized spacial score (nSPS) is 25.9. The lowest BCUT2D eigenvalue weighted by Gasteiger charge is -2.38. The van der Waals surface area contributed by atoms with E-state index in [1.807, 2.05) is 19.2 Å². The Morgan fingerprint density at radius 3 is 2.50 bits per heavy atom. The quantitative estimate of drug-likeness (QED) is 0.600. The Hall–Kier alpha value is -1.66. The van der Waals surface area contributed by atoms with Gasteiger partial charge in [-0.05, 0) is 50.3 Å². The summed E-state index contributed by atoms with van der Waals surface area (Å²) in [6.07, 6.45) is 1.84. The van der Waals surface area contributed by atoms with Gasteiger partial charge in [0.25, 0.3) is 0 Å². The molecule has 2 saturated heterocycles. The fourth-order valence-electron chi connectivity index (χ4n) is 4.37. The summed E-state index contributed by atoms with van der Waals surface area (Å²) in [7, 11) is 1.82. The molecular formula is C22H35FN4O. The summed E-state index contributed by atoms with van der Waals surface area (Å²) in [5.41, 5.74) is 1.11. The van der Waals surface area contributed by atoms with Gasteiger partial charge in [-0.15, -0.1) is 0 Å². The standard InChI is InChI=1S/C22H35FN4O/c1-16(2)27-13-17(3)20(14-27)26-21(24-4)25-15-22(9-11-28-12-10-22)18-5-7-19(23)8-6-18/h5-8,16-17,20H,9-15H2,1-4H3,(H2,24,25,26). The molecule has 2 aliphatic heterocycles. The minimum Gasteiger partial charge on any atom is -0.381 e. The van der Waals surface area contributed by atoms with E-state index in [-0.39, 0.29) is 11.2 Å².